The summed E-state index contributed by atoms with van der Waals surface area (Å²) < 4.78 is 67.5. The average Bonchev–Trinajstić information content (AvgIpc) is 2.76. The Morgan fingerprint density at radius 1 is 1.14 bits per heavy atom. The first-order chi connectivity index (χ1) is 16.1. The molecule has 35 heavy (non-hydrogen) atoms. The maximum Gasteiger partial charge on any atom is 0.416 e. The van der Waals surface area contributed by atoms with Crippen molar-refractivity contribution in [1.82, 2.24) is 5.32 Å². The van der Waals surface area contributed by atoms with Gasteiger partial charge in [-0.3, -0.25) is 4.79 Å². The van der Waals surface area contributed by atoms with Crippen molar-refractivity contribution >= 4 is 11.6 Å². The number of alkyl halides is 5. The van der Waals surface area contributed by atoms with Crippen LogP contribution in [0.5, 0.6) is 0 Å². The Morgan fingerprint density at radius 2 is 1.69 bits per heavy atom. The Balaban J connectivity index is 2.44. The highest BCUT2D eigenvalue weighted by Crippen LogP contribution is 2.34. The molecule has 0 bridgehead atoms. The molecule has 1 atom stereocenters. The van der Waals surface area contributed by atoms with Gasteiger partial charge in [0.15, 0.2) is 0 Å². The van der Waals surface area contributed by atoms with Gasteiger partial charge in [-0.15, -0.1) is 0 Å². The number of hydrogen-bond donors (Lipinski definition) is 1. The van der Waals surface area contributed by atoms with E-state index in [4.69, 9.17) is 0 Å². The third-order valence-corrected chi connectivity index (χ3v) is 6.35. The number of halogens is 5. The SMILES string of the molecule is C=C/C(=C\C(=C/C)C(F)(F)F)C(C(=O)NC1CCC(F)(F)CC1)N(C)c1ccc(C(C)(C)C)cc1. The number of amides is 1. The first-order valence-electron chi connectivity index (χ1n) is 11.7. The van der Waals surface area contributed by atoms with Crippen LogP contribution in [0.15, 0.2) is 60.2 Å². The quantitative estimate of drug-likeness (QED) is 0.321. The van der Waals surface area contributed by atoms with Gasteiger partial charge in [-0.1, -0.05) is 51.6 Å². The molecule has 0 heterocycles. The molecule has 1 amide bonds. The minimum atomic E-state index is -4.61. The van der Waals surface area contributed by atoms with Crippen LogP contribution in [-0.4, -0.2) is 37.1 Å². The molecule has 1 aliphatic rings. The van der Waals surface area contributed by atoms with Crippen molar-refractivity contribution in [3.8, 4) is 0 Å². The predicted molar refractivity (Wildman–Crippen MR) is 131 cm³/mol. The van der Waals surface area contributed by atoms with Crippen molar-refractivity contribution in [1.29, 1.82) is 0 Å². The highest BCUT2D eigenvalue weighted by molar-refractivity contribution is 5.89. The molecule has 1 aromatic carbocycles. The second kappa shape index (κ2) is 11.0. The lowest BCUT2D eigenvalue weighted by Gasteiger charge is -2.34. The lowest BCUT2D eigenvalue weighted by Crippen LogP contribution is -2.50. The maximum absolute atomic E-state index is 13.6. The number of carbonyl (C=O) groups is 1. The van der Waals surface area contributed by atoms with E-state index in [1.54, 1.807) is 11.9 Å². The minimum absolute atomic E-state index is 0.0523. The van der Waals surface area contributed by atoms with Gasteiger partial charge in [-0.25, -0.2) is 8.78 Å². The Morgan fingerprint density at radius 3 is 2.11 bits per heavy atom. The molecule has 3 nitrogen and oxygen atoms in total. The molecular formula is C27H35F5N2O. The van der Waals surface area contributed by atoms with Crippen molar-refractivity contribution in [2.75, 3.05) is 11.9 Å². The number of allylic oxidation sites excluding steroid dienone is 3. The van der Waals surface area contributed by atoms with Gasteiger partial charge in [0.2, 0.25) is 11.8 Å². The molecule has 1 saturated carbocycles. The highest BCUT2D eigenvalue weighted by atomic mass is 19.4. The van der Waals surface area contributed by atoms with Crippen molar-refractivity contribution < 1.29 is 26.7 Å². The number of anilines is 1. The first-order valence-corrected chi connectivity index (χ1v) is 11.7. The lowest BCUT2D eigenvalue weighted by molar-refractivity contribution is -0.123. The third kappa shape index (κ3) is 7.67. The Kier molecular flexibility index (Phi) is 8.95. The first kappa shape index (κ1) is 28.6. The molecule has 0 spiro atoms. The van der Waals surface area contributed by atoms with Gasteiger partial charge in [0.1, 0.15) is 6.04 Å². The van der Waals surface area contributed by atoms with Crippen molar-refractivity contribution in [2.45, 2.75) is 83.0 Å². The van der Waals surface area contributed by atoms with Gasteiger partial charge in [-0.05, 0) is 54.5 Å². The Hall–Kier alpha value is -2.64. The van der Waals surface area contributed by atoms with Crippen LogP contribution in [0.1, 0.15) is 58.9 Å². The second-order valence-electron chi connectivity index (χ2n) is 10.0. The van der Waals surface area contributed by atoms with Crippen LogP contribution < -0.4 is 10.2 Å². The molecule has 1 fully saturated rings. The van der Waals surface area contributed by atoms with E-state index < -0.39 is 35.7 Å². The van der Waals surface area contributed by atoms with E-state index >= 15 is 0 Å². The average molecular weight is 499 g/mol. The number of carbonyl (C=O) groups excluding carboxylic acids is 1. The van der Waals surface area contributed by atoms with Crippen molar-refractivity contribution in [2.24, 2.45) is 0 Å². The largest absolute Gasteiger partial charge is 0.416 e. The molecule has 8 heteroatoms. The highest BCUT2D eigenvalue weighted by Gasteiger charge is 2.38. The van der Waals surface area contributed by atoms with Gasteiger partial charge in [0, 0.05) is 31.6 Å². The number of rotatable bonds is 7. The molecule has 0 radical (unpaired) electrons. The molecular weight excluding hydrogens is 463 g/mol. The van der Waals surface area contributed by atoms with E-state index in [-0.39, 0.29) is 36.7 Å². The van der Waals surface area contributed by atoms with Gasteiger partial charge in [-0.2, -0.15) is 13.2 Å². The van der Waals surface area contributed by atoms with Crippen LogP contribution in [0, 0.1) is 0 Å². The van der Waals surface area contributed by atoms with Crippen LogP contribution in [0.25, 0.3) is 0 Å². The molecule has 1 aromatic rings. The molecule has 0 saturated heterocycles. The summed E-state index contributed by atoms with van der Waals surface area (Å²) in [7, 11) is 1.62. The molecule has 194 valence electrons. The fourth-order valence-electron chi connectivity index (χ4n) is 4.12. The fourth-order valence-corrected chi connectivity index (χ4v) is 4.12. The van der Waals surface area contributed by atoms with E-state index in [2.05, 4.69) is 32.7 Å². The van der Waals surface area contributed by atoms with Crippen LogP contribution >= 0.6 is 0 Å². The zero-order valence-electron chi connectivity index (χ0n) is 21.0. The second-order valence-corrected chi connectivity index (χ2v) is 10.0. The molecule has 0 aliphatic heterocycles. The van der Waals surface area contributed by atoms with E-state index in [9.17, 15) is 26.7 Å². The molecule has 1 unspecified atom stereocenters. The van der Waals surface area contributed by atoms with Crippen molar-refractivity contribution in [3.63, 3.8) is 0 Å². The van der Waals surface area contributed by atoms with Crippen molar-refractivity contribution in [3.05, 3.63) is 65.8 Å². The summed E-state index contributed by atoms with van der Waals surface area (Å²) in [5.41, 5.74) is 0.730. The lowest BCUT2D eigenvalue weighted by atomic mass is 9.87. The topological polar surface area (TPSA) is 32.3 Å². The predicted octanol–water partition coefficient (Wildman–Crippen LogP) is 7.10. The number of hydrogen-bond acceptors (Lipinski definition) is 2. The van der Waals surface area contributed by atoms with E-state index in [1.807, 2.05) is 24.3 Å². The zero-order valence-corrected chi connectivity index (χ0v) is 21.0. The zero-order chi connectivity index (χ0) is 26.6. The Bertz CT molecular complexity index is 945. The van der Waals surface area contributed by atoms with Crippen LogP contribution in [-0.2, 0) is 10.2 Å². The third-order valence-electron chi connectivity index (χ3n) is 6.35. The molecule has 2 rings (SSSR count). The Labute approximate surface area is 204 Å². The van der Waals surface area contributed by atoms with Crippen LogP contribution in [0.3, 0.4) is 0 Å². The summed E-state index contributed by atoms with van der Waals surface area (Å²) in [5, 5.41) is 2.78. The molecule has 1 N–H and O–H groups in total. The number of nitrogens with one attached hydrogen (secondary N) is 1. The summed E-state index contributed by atoms with van der Waals surface area (Å²) in [5.74, 6) is -3.32. The standard InChI is InChI=1S/C27H35F5N2O/c1-7-18(17-19(8-2)27(30,31)32)23(24(35)33-21-13-15-26(28,29)16-14-21)34(6)22-11-9-20(10-12-22)25(3,4)5/h7-12,17,21,23H,1,13-16H2,2-6H3,(H,33,35)/b18-17+,19-8+. The summed E-state index contributed by atoms with van der Waals surface area (Å²) in [6, 6.07) is 5.82. The summed E-state index contributed by atoms with van der Waals surface area (Å²) >= 11 is 0. The van der Waals surface area contributed by atoms with Gasteiger partial charge in [0.25, 0.3) is 0 Å². The maximum atomic E-state index is 13.6. The van der Waals surface area contributed by atoms with Gasteiger partial charge in [0.05, 0.1) is 5.57 Å². The monoisotopic (exact) mass is 498 g/mol. The molecule has 1 aliphatic carbocycles. The summed E-state index contributed by atoms with van der Waals surface area (Å²) in [6.45, 7) is 11.1. The normalized spacial score (nSPS) is 18.7. The van der Waals surface area contributed by atoms with E-state index in [1.165, 1.54) is 13.0 Å². The fraction of sp³-hybridized carbons (Fsp3) is 0.519. The number of benzene rings is 1. The number of nitrogens with zero attached hydrogens (tertiary/aromatic N) is 1. The van der Waals surface area contributed by atoms with E-state index in [0.717, 1.165) is 17.7 Å². The number of likely N-dealkylation sites (N-methyl/N-ethyl adjacent to an activating group) is 1. The smallest absolute Gasteiger partial charge is 0.359 e. The minimum Gasteiger partial charge on any atom is -0.359 e. The van der Waals surface area contributed by atoms with Crippen LogP contribution in [0.4, 0.5) is 27.6 Å². The summed E-state index contributed by atoms with van der Waals surface area (Å²) in [6.07, 6.45) is -2.01. The van der Waals surface area contributed by atoms with Gasteiger partial charge < -0.3 is 10.2 Å². The summed E-state index contributed by atoms with van der Waals surface area (Å²) in [4.78, 5) is 15.0. The van der Waals surface area contributed by atoms with E-state index in [0.29, 0.717) is 5.69 Å². The molecule has 0 aromatic heterocycles. The van der Waals surface area contributed by atoms with Crippen LogP contribution in [0.2, 0.25) is 0 Å². The van der Waals surface area contributed by atoms with Gasteiger partial charge >= 0.3 is 6.18 Å².